The van der Waals surface area contributed by atoms with E-state index in [1.807, 2.05) is 25.1 Å². The van der Waals surface area contributed by atoms with Gasteiger partial charge in [-0.2, -0.15) is 0 Å². The first-order valence-electron chi connectivity index (χ1n) is 8.76. The van der Waals surface area contributed by atoms with Crippen molar-refractivity contribution in [2.24, 2.45) is 0 Å². The summed E-state index contributed by atoms with van der Waals surface area (Å²) < 4.78 is 21.3. The fourth-order valence-electron chi connectivity index (χ4n) is 3.15. The van der Waals surface area contributed by atoms with Crippen LogP contribution in [-0.2, 0) is 22.6 Å². The molecule has 0 saturated carbocycles. The minimum Gasteiger partial charge on any atom is -0.497 e. The van der Waals surface area contributed by atoms with E-state index < -0.39 is 11.6 Å². The van der Waals surface area contributed by atoms with Gasteiger partial charge in [0.1, 0.15) is 23.5 Å². The number of esters is 1. The van der Waals surface area contributed by atoms with Crippen molar-refractivity contribution in [1.82, 2.24) is 0 Å². The van der Waals surface area contributed by atoms with Gasteiger partial charge < -0.3 is 18.3 Å². The molecule has 4 rings (SSSR count). The van der Waals surface area contributed by atoms with Gasteiger partial charge in [-0.3, -0.25) is 4.79 Å². The third-order valence-corrected chi connectivity index (χ3v) is 4.57. The quantitative estimate of drug-likeness (QED) is 0.384. The van der Waals surface area contributed by atoms with Crippen molar-refractivity contribution < 1.29 is 23.1 Å². The molecule has 2 heterocycles. The molecule has 142 valence electrons. The van der Waals surface area contributed by atoms with E-state index in [4.69, 9.17) is 18.3 Å². The predicted molar refractivity (Wildman–Crippen MR) is 103 cm³/mol. The van der Waals surface area contributed by atoms with Crippen LogP contribution in [0.1, 0.15) is 16.7 Å². The zero-order chi connectivity index (χ0) is 19.7. The first-order chi connectivity index (χ1) is 13.5. The smallest absolute Gasteiger partial charge is 0.336 e. The number of carbonyl (C=O) groups is 1. The number of hydrogen-bond acceptors (Lipinski definition) is 6. The molecule has 0 aliphatic heterocycles. The zero-order valence-electron chi connectivity index (χ0n) is 15.5. The fraction of sp³-hybridized carbons (Fsp3) is 0.182. The van der Waals surface area contributed by atoms with Crippen molar-refractivity contribution in [1.29, 1.82) is 0 Å². The maximum absolute atomic E-state index is 12.3. The summed E-state index contributed by atoms with van der Waals surface area (Å²) in [5, 5.41) is 1.58. The summed E-state index contributed by atoms with van der Waals surface area (Å²) in [6, 6.07) is 12.3. The van der Waals surface area contributed by atoms with E-state index >= 15 is 0 Å². The molecular formula is C22H18O6. The molecule has 0 spiro atoms. The summed E-state index contributed by atoms with van der Waals surface area (Å²) in [7, 11) is 1.53. The van der Waals surface area contributed by atoms with Crippen LogP contribution in [-0.4, -0.2) is 13.1 Å². The van der Waals surface area contributed by atoms with Gasteiger partial charge in [-0.05, 0) is 30.7 Å². The van der Waals surface area contributed by atoms with Crippen LogP contribution < -0.4 is 10.4 Å². The van der Waals surface area contributed by atoms with Gasteiger partial charge in [0.2, 0.25) is 0 Å². The second kappa shape index (κ2) is 7.23. The highest BCUT2D eigenvalue weighted by Crippen LogP contribution is 2.25. The lowest BCUT2D eigenvalue weighted by Crippen LogP contribution is -2.09. The number of benzene rings is 2. The van der Waals surface area contributed by atoms with E-state index in [2.05, 4.69) is 0 Å². The average Bonchev–Trinajstić information content (AvgIpc) is 3.07. The Morgan fingerprint density at radius 2 is 1.79 bits per heavy atom. The number of ether oxygens (including phenoxy) is 2. The van der Waals surface area contributed by atoms with E-state index in [-0.39, 0.29) is 13.0 Å². The monoisotopic (exact) mass is 378 g/mol. The molecule has 2 aromatic heterocycles. The Hall–Kier alpha value is -3.54. The van der Waals surface area contributed by atoms with Crippen LogP contribution in [0.5, 0.6) is 5.75 Å². The van der Waals surface area contributed by atoms with Crippen LogP contribution in [0.15, 0.2) is 62.4 Å². The number of fused-ring (bicyclic) bond motifs is 2. The molecule has 0 aliphatic rings. The Labute approximate surface area is 160 Å². The number of carbonyl (C=O) groups excluding carboxylic acids is 1. The molecule has 0 amide bonds. The van der Waals surface area contributed by atoms with Crippen molar-refractivity contribution in [2.75, 3.05) is 7.11 Å². The van der Waals surface area contributed by atoms with Gasteiger partial charge in [-0.1, -0.05) is 12.1 Å². The van der Waals surface area contributed by atoms with Crippen molar-refractivity contribution in [3.8, 4) is 5.75 Å². The molecule has 28 heavy (non-hydrogen) atoms. The van der Waals surface area contributed by atoms with Gasteiger partial charge in [-0.15, -0.1) is 0 Å². The molecule has 0 bridgehead atoms. The van der Waals surface area contributed by atoms with Crippen molar-refractivity contribution >= 4 is 27.9 Å². The van der Waals surface area contributed by atoms with Crippen LogP contribution >= 0.6 is 0 Å². The number of aryl methyl sites for hydroxylation is 1. The second-order valence-electron chi connectivity index (χ2n) is 6.55. The third kappa shape index (κ3) is 3.49. The number of methoxy groups -OCH3 is 1. The lowest BCUT2D eigenvalue weighted by Gasteiger charge is -2.08. The molecular weight excluding hydrogens is 360 g/mol. The Kier molecular flexibility index (Phi) is 4.61. The van der Waals surface area contributed by atoms with Crippen LogP contribution in [0.25, 0.3) is 21.9 Å². The van der Waals surface area contributed by atoms with Crippen molar-refractivity contribution in [2.45, 2.75) is 20.0 Å². The van der Waals surface area contributed by atoms with Gasteiger partial charge in [0.05, 0.1) is 19.8 Å². The van der Waals surface area contributed by atoms with Crippen molar-refractivity contribution in [3.05, 3.63) is 75.8 Å². The minimum atomic E-state index is -0.511. The summed E-state index contributed by atoms with van der Waals surface area (Å²) >= 11 is 0. The maximum atomic E-state index is 12.3. The Bertz CT molecular complexity index is 1230. The normalized spacial score (nSPS) is 11.1. The molecule has 6 heteroatoms. The molecule has 0 N–H and O–H groups in total. The van der Waals surface area contributed by atoms with Gasteiger partial charge in [0, 0.05) is 34.0 Å². The molecule has 0 aliphatic carbocycles. The highest BCUT2D eigenvalue weighted by molar-refractivity contribution is 5.86. The lowest BCUT2D eigenvalue weighted by molar-refractivity contribution is -0.144. The highest BCUT2D eigenvalue weighted by atomic mass is 16.5. The van der Waals surface area contributed by atoms with Gasteiger partial charge in [-0.25, -0.2) is 4.79 Å². The van der Waals surface area contributed by atoms with Crippen molar-refractivity contribution in [3.63, 3.8) is 0 Å². The zero-order valence-corrected chi connectivity index (χ0v) is 15.5. The number of rotatable bonds is 5. The van der Waals surface area contributed by atoms with E-state index in [9.17, 15) is 9.59 Å². The number of furan rings is 1. The van der Waals surface area contributed by atoms with Gasteiger partial charge in [0.15, 0.2) is 0 Å². The second-order valence-corrected chi connectivity index (χ2v) is 6.55. The van der Waals surface area contributed by atoms with E-state index in [1.54, 1.807) is 24.5 Å². The standard InChI is InChI=1S/C22H18O6/c1-13-3-5-17-14(11-26-19(17)7-13)8-21(23)27-12-15-9-22(24)28-20-10-16(25-2)4-6-18(15)20/h3-7,9-11H,8,12H2,1-2H3. The summed E-state index contributed by atoms with van der Waals surface area (Å²) in [4.78, 5) is 24.1. The molecule has 0 atom stereocenters. The van der Waals surface area contributed by atoms with Gasteiger partial charge >= 0.3 is 11.6 Å². The molecule has 2 aromatic carbocycles. The Morgan fingerprint density at radius 3 is 2.61 bits per heavy atom. The first kappa shape index (κ1) is 17.9. The van der Waals surface area contributed by atoms with Crippen LogP contribution in [0.2, 0.25) is 0 Å². The van der Waals surface area contributed by atoms with Crippen LogP contribution in [0.3, 0.4) is 0 Å². The third-order valence-electron chi connectivity index (χ3n) is 4.57. The lowest BCUT2D eigenvalue weighted by atomic mass is 10.1. The Balaban J connectivity index is 1.52. The molecule has 4 aromatic rings. The SMILES string of the molecule is COc1ccc2c(COC(=O)Cc3coc4cc(C)ccc34)cc(=O)oc2c1. The van der Waals surface area contributed by atoms with E-state index in [1.165, 1.54) is 13.2 Å². The average molecular weight is 378 g/mol. The summed E-state index contributed by atoms with van der Waals surface area (Å²) in [6.07, 6.45) is 1.66. The van der Waals surface area contributed by atoms with Crippen LogP contribution in [0, 0.1) is 6.92 Å². The van der Waals surface area contributed by atoms with E-state index in [0.29, 0.717) is 22.3 Å². The van der Waals surface area contributed by atoms with Crippen LogP contribution in [0.4, 0.5) is 0 Å². The molecule has 0 saturated heterocycles. The fourth-order valence-corrected chi connectivity index (χ4v) is 3.15. The largest absolute Gasteiger partial charge is 0.497 e. The molecule has 0 radical (unpaired) electrons. The number of hydrogen-bond donors (Lipinski definition) is 0. The maximum Gasteiger partial charge on any atom is 0.336 e. The van der Waals surface area contributed by atoms with E-state index in [0.717, 1.165) is 22.1 Å². The molecule has 0 unspecified atom stereocenters. The predicted octanol–water partition coefficient (Wildman–Crippen LogP) is 4.14. The Morgan fingerprint density at radius 1 is 1.00 bits per heavy atom. The molecule has 0 fully saturated rings. The first-order valence-corrected chi connectivity index (χ1v) is 8.76. The topological polar surface area (TPSA) is 78.9 Å². The van der Waals surface area contributed by atoms with Gasteiger partial charge in [0.25, 0.3) is 0 Å². The summed E-state index contributed by atoms with van der Waals surface area (Å²) in [5.74, 6) is 0.171. The highest BCUT2D eigenvalue weighted by Gasteiger charge is 2.13. The summed E-state index contributed by atoms with van der Waals surface area (Å²) in [5.41, 5.74) is 3.04. The molecule has 6 nitrogen and oxygen atoms in total. The minimum absolute atomic E-state index is 0.0256. The summed E-state index contributed by atoms with van der Waals surface area (Å²) in [6.45, 7) is 1.95.